The fourth-order valence-corrected chi connectivity index (χ4v) is 3.16. The lowest BCUT2D eigenvalue weighted by atomic mass is 9.99. The maximum atomic E-state index is 12.9. The van der Waals surface area contributed by atoms with Crippen LogP contribution in [0, 0.1) is 0 Å². The van der Waals surface area contributed by atoms with Crippen molar-refractivity contribution >= 4 is 5.91 Å². The molecule has 124 valence electrons. The van der Waals surface area contributed by atoms with Gasteiger partial charge in [0.25, 0.3) is 11.5 Å². The molecule has 0 spiro atoms. The highest BCUT2D eigenvalue weighted by Crippen LogP contribution is 2.21. The maximum Gasteiger partial charge on any atom is 0.277 e. The minimum Gasteiger partial charge on any atom is -0.334 e. The Morgan fingerprint density at radius 3 is 2.52 bits per heavy atom. The molecule has 1 N–H and O–H groups in total. The monoisotopic (exact) mass is 331 g/mol. The number of benzene rings is 2. The molecule has 5 nitrogen and oxygen atoms in total. The summed E-state index contributed by atoms with van der Waals surface area (Å²) in [5, 5.41) is 6.52. The van der Waals surface area contributed by atoms with Crippen molar-refractivity contribution in [3.05, 3.63) is 87.7 Å². The number of aromatic nitrogens is 2. The summed E-state index contributed by atoms with van der Waals surface area (Å²) in [5.74, 6) is -0.254. The van der Waals surface area contributed by atoms with E-state index in [9.17, 15) is 9.59 Å². The Labute approximate surface area is 144 Å². The highest BCUT2D eigenvalue weighted by atomic mass is 16.2. The summed E-state index contributed by atoms with van der Waals surface area (Å²) in [6.45, 7) is 1.13. The van der Waals surface area contributed by atoms with E-state index in [0.29, 0.717) is 18.8 Å². The summed E-state index contributed by atoms with van der Waals surface area (Å²) in [6, 6.07) is 19.2. The largest absolute Gasteiger partial charge is 0.334 e. The van der Waals surface area contributed by atoms with Gasteiger partial charge in [-0.15, -0.1) is 0 Å². The summed E-state index contributed by atoms with van der Waals surface area (Å²) in [5.41, 5.74) is 3.52. The second-order valence-electron chi connectivity index (χ2n) is 6.11. The third-order valence-electron chi connectivity index (χ3n) is 4.52. The lowest BCUT2D eigenvalue weighted by molar-refractivity contribution is 0.0732. The van der Waals surface area contributed by atoms with Crippen molar-refractivity contribution in [1.29, 1.82) is 0 Å². The highest BCUT2D eigenvalue weighted by molar-refractivity contribution is 5.94. The van der Waals surface area contributed by atoms with Gasteiger partial charge in [0.15, 0.2) is 0 Å². The summed E-state index contributed by atoms with van der Waals surface area (Å²) in [7, 11) is 0. The quantitative estimate of drug-likeness (QED) is 0.785. The van der Waals surface area contributed by atoms with Gasteiger partial charge >= 0.3 is 0 Å². The Bertz CT molecular complexity index is 979. The zero-order valence-electron chi connectivity index (χ0n) is 13.6. The second kappa shape index (κ2) is 6.36. The van der Waals surface area contributed by atoms with E-state index in [1.54, 1.807) is 11.0 Å². The van der Waals surface area contributed by atoms with Gasteiger partial charge in [-0.05, 0) is 23.6 Å². The summed E-state index contributed by atoms with van der Waals surface area (Å²) >= 11 is 0. The minimum absolute atomic E-state index is 0.133. The van der Waals surface area contributed by atoms with Crippen LogP contribution < -0.4 is 5.56 Å². The van der Waals surface area contributed by atoms with Crippen LogP contribution in [-0.4, -0.2) is 27.5 Å². The van der Waals surface area contributed by atoms with Crippen molar-refractivity contribution in [2.75, 3.05) is 6.54 Å². The van der Waals surface area contributed by atoms with Crippen LogP contribution in [0.15, 0.2) is 65.5 Å². The van der Waals surface area contributed by atoms with E-state index in [2.05, 4.69) is 16.3 Å². The Hall–Kier alpha value is -3.21. The molecule has 0 saturated carbocycles. The Morgan fingerprint density at radius 2 is 1.72 bits per heavy atom. The topological polar surface area (TPSA) is 66.1 Å². The van der Waals surface area contributed by atoms with Crippen LogP contribution in [0.25, 0.3) is 11.3 Å². The van der Waals surface area contributed by atoms with Crippen LogP contribution in [0.3, 0.4) is 0 Å². The van der Waals surface area contributed by atoms with Gasteiger partial charge in [-0.1, -0.05) is 54.6 Å². The zero-order chi connectivity index (χ0) is 17.2. The minimum atomic E-state index is -0.455. The van der Waals surface area contributed by atoms with Crippen LogP contribution in [-0.2, 0) is 13.0 Å². The molecule has 25 heavy (non-hydrogen) atoms. The number of aromatic amines is 1. The summed E-state index contributed by atoms with van der Waals surface area (Å²) < 4.78 is 0. The molecule has 0 radical (unpaired) electrons. The number of nitrogens with zero attached hydrogens (tertiary/aromatic N) is 2. The predicted molar refractivity (Wildman–Crippen MR) is 95.2 cm³/mol. The average Bonchev–Trinajstić information content (AvgIpc) is 2.68. The average molecular weight is 331 g/mol. The van der Waals surface area contributed by atoms with Gasteiger partial charge in [0.05, 0.1) is 5.69 Å². The molecule has 0 saturated heterocycles. The highest BCUT2D eigenvalue weighted by Gasteiger charge is 2.24. The van der Waals surface area contributed by atoms with E-state index in [4.69, 9.17) is 0 Å². The molecule has 0 atom stereocenters. The number of fused-ring (bicyclic) bond motifs is 1. The number of nitrogens with one attached hydrogen (secondary N) is 1. The van der Waals surface area contributed by atoms with E-state index in [0.717, 1.165) is 17.5 Å². The van der Waals surface area contributed by atoms with Crippen molar-refractivity contribution in [2.45, 2.75) is 13.0 Å². The lowest BCUT2D eigenvalue weighted by Gasteiger charge is -2.28. The number of H-pyrrole nitrogens is 1. The van der Waals surface area contributed by atoms with Crippen LogP contribution in [0.4, 0.5) is 0 Å². The number of carbonyl (C=O) groups excluding carboxylic acids is 1. The number of rotatable bonds is 2. The van der Waals surface area contributed by atoms with Gasteiger partial charge in [-0.3, -0.25) is 9.59 Å². The number of amides is 1. The molecule has 2 aromatic carbocycles. The fraction of sp³-hybridized carbons (Fsp3) is 0.150. The van der Waals surface area contributed by atoms with Crippen LogP contribution in [0.5, 0.6) is 0 Å². The lowest BCUT2D eigenvalue weighted by Crippen LogP contribution is -2.38. The molecule has 3 aromatic rings. The van der Waals surface area contributed by atoms with E-state index in [-0.39, 0.29) is 11.5 Å². The molecule has 0 bridgehead atoms. The zero-order valence-corrected chi connectivity index (χ0v) is 13.6. The van der Waals surface area contributed by atoms with Crippen LogP contribution in [0.2, 0.25) is 0 Å². The molecule has 5 heteroatoms. The predicted octanol–water partition coefficient (Wildman–Crippen LogP) is 2.64. The van der Waals surface area contributed by atoms with Gasteiger partial charge in [0, 0.05) is 18.7 Å². The van der Waals surface area contributed by atoms with Crippen molar-refractivity contribution in [1.82, 2.24) is 15.1 Å². The number of hydrogen-bond acceptors (Lipinski definition) is 3. The normalized spacial score (nSPS) is 13.4. The van der Waals surface area contributed by atoms with Crippen molar-refractivity contribution in [2.24, 2.45) is 0 Å². The third-order valence-corrected chi connectivity index (χ3v) is 4.52. The first kappa shape index (κ1) is 15.3. The van der Waals surface area contributed by atoms with E-state index in [1.807, 2.05) is 48.5 Å². The van der Waals surface area contributed by atoms with Gasteiger partial charge in [-0.25, -0.2) is 5.10 Å². The van der Waals surface area contributed by atoms with Gasteiger partial charge in [0.1, 0.15) is 5.56 Å². The molecule has 1 aliphatic rings. The first-order chi connectivity index (χ1) is 12.2. The molecular weight excluding hydrogens is 314 g/mol. The smallest absolute Gasteiger partial charge is 0.277 e. The van der Waals surface area contributed by atoms with E-state index in [1.165, 1.54) is 5.56 Å². The second-order valence-corrected chi connectivity index (χ2v) is 6.11. The molecule has 1 aliphatic heterocycles. The Morgan fingerprint density at radius 1 is 1.00 bits per heavy atom. The van der Waals surface area contributed by atoms with E-state index >= 15 is 0 Å². The Balaban J connectivity index is 1.66. The maximum absolute atomic E-state index is 12.9. The Kier molecular flexibility index (Phi) is 3.90. The van der Waals surface area contributed by atoms with Gasteiger partial charge in [0.2, 0.25) is 0 Å². The van der Waals surface area contributed by atoms with Crippen LogP contribution in [0.1, 0.15) is 21.5 Å². The van der Waals surface area contributed by atoms with Gasteiger partial charge in [-0.2, -0.15) is 5.10 Å². The molecule has 4 rings (SSSR count). The molecule has 2 heterocycles. The third kappa shape index (κ3) is 2.96. The molecule has 1 aromatic heterocycles. The standard InChI is InChI=1S/C20H17N3O2/c24-19-17(12-18(21-22-19)15-7-2-1-3-8-15)20(25)23-11-10-14-6-4-5-9-16(14)13-23/h1-9,12H,10-11,13H2,(H,22,24). The number of hydrogen-bond donors (Lipinski definition) is 1. The van der Waals surface area contributed by atoms with Crippen molar-refractivity contribution in [3.63, 3.8) is 0 Å². The van der Waals surface area contributed by atoms with E-state index < -0.39 is 5.56 Å². The molecule has 1 amide bonds. The molecule has 0 fully saturated rings. The number of carbonyl (C=O) groups is 1. The van der Waals surface area contributed by atoms with Gasteiger partial charge < -0.3 is 4.90 Å². The first-order valence-electron chi connectivity index (χ1n) is 8.23. The van der Waals surface area contributed by atoms with Crippen LogP contribution >= 0.6 is 0 Å². The molecule has 0 aliphatic carbocycles. The summed E-state index contributed by atoms with van der Waals surface area (Å²) in [4.78, 5) is 26.8. The SMILES string of the molecule is O=C(c1cc(-c2ccccc2)n[nH]c1=O)N1CCc2ccccc2C1. The fourth-order valence-electron chi connectivity index (χ4n) is 3.16. The first-order valence-corrected chi connectivity index (χ1v) is 8.23. The molecule has 0 unspecified atom stereocenters. The summed E-state index contributed by atoms with van der Waals surface area (Å²) in [6.07, 6.45) is 0.802. The van der Waals surface area contributed by atoms with Crippen molar-refractivity contribution < 1.29 is 4.79 Å². The molecular formula is C20H17N3O2. The van der Waals surface area contributed by atoms with Crippen molar-refractivity contribution in [3.8, 4) is 11.3 Å².